The Balaban J connectivity index is 1.74. The fourth-order valence-electron chi connectivity index (χ4n) is 3.38. The molecule has 0 aromatic heterocycles. The van der Waals surface area contributed by atoms with Gasteiger partial charge in [-0.1, -0.05) is 18.2 Å². The summed E-state index contributed by atoms with van der Waals surface area (Å²) in [6.07, 6.45) is 1.47. The first kappa shape index (κ1) is 18.0. The summed E-state index contributed by atoms with van der Waals surface area (Å²) in [7, 11) is 1.66. The van der Waals surface area contributed by atoms with Gasteiger partial charge in [0.15, 0.2) is 0 Å². The number of methoxy groups -OCH3 is 1. The highest BCUT2D eigenvalue weighted by molar-refractivity contribution is 5.94. The Labute approximate surface area is 155 Å². The van der Waals surface area contributed by atoms with Gasteiger partial charge in [-0.05, 0) is 67.6 Å². The molecule has 0 saturated carbocycles. The second kappa shape index (κ2) is 7.21. The zero-order chi connectivity index (χ0) is 18.7. The van der Waals surface area contributed by atoms with Crippen LogP contribution in [0.5, 0.6) is 5.75 Å². The standard InChI is InChI=1S/C22H24N2O2/c1-16-14-19(26-3)8-9-20(16)17-4-6-18(7-5-17)21(25)24-12-10-22(2,15-23)11-13-24/h4-9,14H,10-13H2,1-3H3. The van der Waals surface area contributed by atoms with E-state index >= 15 is 0 Å². The highest BCUT2D eigenvalue weighted by Crippen LogP contribution is 2.31. The van der Waals surface area contributed by atoms with Gasteiger partial charge in [0, 0.05) is 18.7 Å². The molecular weight excluding hydrogens is 324 g/mol. The van der Waals surface area contributed by atoms with Crippen LogP contribution in [0.4, 0.5) is 0 Å². The average Bonchev–Trinajstić information content (AvgIpc) is 2.68. The van der Waals surface area contributed by atoms with E-state index in [-0.39, 0.29) is 11.3 Å². The van der Waals surface area contributed by atoms with Crippen molar-refractivity contribution in [1.82, 2.24) is 4.90 Å². The zero-order valence-corrected chi connectivity index (χ0v) is 15.6. The molecule has 1 aliphatic heterocycles. The third-order valence-corrected chi connectivity index (χ3v) is 5.30. The lowest BCUT2D eigenvalue weighted by Crippen LogP contribution is -2.41. The molecule has 1 saturated heterocycles. The van der Waals surface area contributed by atoms with Gasteiger partial charge in [-0.25, -0.2) is 0 Å². The molecule has 0 bridgehead atoms. The van der Waals surface area contributed by atoms with Crippen LogP contribution in [-0.2, 0) is 0 Å². The molecule has 134 valence electrons. The summed E-state index contributed by atoms with van der Waals surface area (Å²) in [5.41, 5.74) is 3.74. The molecule has 4 nitrogen and oxygen atoms in total. The van der Waals surface area contributed by atoms with Crippen LogP contribution >= 0.6 is 0 Å². The Morgan fingerprint density at radius 1 is 1.15 bits per heavy atom. The van der Waals surface area contributed by atoms with Gasteiger partial charge in [0.1, 0.15) is 5.75 Å². The molecule has 1 aliphatic rings. The van der Waals surface area contributed by atoms with Crippen LogP contribution in [0, 0.1) is 23.7 Å². The maximum Gasteiger partial charge on any atom is 0.253 e. The largest absolute Gasteiger partial charge is 0.497 e. The average molecular weight is 348 g/mol. The molecule has 1 fully saturated rings. The van der Waals surface area contributed by atoms with Gasteiger partial charge in [-0.2, -0.15) is 5.26 Å². The van der Waals surface area contributed by atoms with E-state index in [9.17, 15) is 10.1 Å². The quantitative estimate of drug-likeness (QED) is 0.824. The molecule has 0 aliphatic carbocycles. The van der Waals surface area contributed by atoms with Crippen LogP contribution in [0.1, 0.15) is 35.7 Å². The summed E-state index contributed by atoms with van der Waals surface area (Å²) in [4.78, 5) is 14.6. The molecule has 0 radical (unpaired) electrons. The van der Waals surface area contributed by atoms with E-state index in [1.165, 1.54) is 0 Å². The first-order chi connectivity index (χ1) is 12.5. The lowest BCUT2D eigenvalue weighted by atomic mass is 9.82. The van der Waals surface area contributed by atoms with Gasteiger partial charge < -0.3 is 9.64 Å². The number of hydrogen-bond acceptors (Lipinski definition) is 3. The minimum atomic E-state index is -0.299. The third kappa shape index (κ3) is 3.57. The zero-order valence-electron chi connectivity index (χ0n) is 15.6. The number of likely N-dealkylation sites (tertiary alicyclic amines) is 1. The first-order valence-electron chi connectivity index (χ1n) is 8.91. The van der Waals surface area contributed by atoms with Gasteiger partial charge >= 0.3 is 0 Å². The summed E-state index contributed by atoms with van der Waals surface area (Å²) in [5.74, 6) is 0.885. The van der Waals surface area contributed by atoms with Crippen LogP contribution in [-0.4, -0.2) is 31.0 Å². The number of aryl methyl sites for hydroxylation is 1. The smallest absolute Gasteiger partial charge is 0.253 e. The summed E-state index contributed by atoms with van der Waals surface area (Å²) >= 11 is 0. The number of hydrogen-bond donors (Lipinski definition) is 0. The van der Waals surface area contributed by atoms with Crippen LogP contribution < -0.4 is 4.74 Å². The number of piperidine rings is 1. The van der Waals surface area contributed by atoms with Gasteiger partial charge in [0.05, 0.1) is 18.6 Å². The van der Waals surface area contributed by atoms with E-state index in [0.717, 1.165) is 35.3 Å². The topological polar surface area (TPSA) is 53.3 Å². The van der Waals surface area contributed by atoms with Crippen molar-refractivity contribution in [3.05, 3.63) is 53.6 Å². The van der Waals surface area contributed by atoms with Crippen LogP contribution in [0.2, 0.25) is 0 Å². The molecule has 0 spiro atoms. The highest BCUT2D eigenvalue weighted by atomic mass is 16.5. The number of carbonyl (C=O) groups is 1. The van der Waals surface area contributed by atoms with Crippen molar-refractivity contribution < 1.29 is 9.53 Å². The van der Waals surface area contributed by atoms with Crippen molar-refractivity contribution in [3.63, 3.8) is 0 Å². The number of benzene rings is 2. The number of carbonyl (C=O) groups excluding carboxylic acids is 1. The summed E-state index contributed by atoms with van der Waals surface area (Å²) in [5, 5.41) is 9.22. The molecule has 1 heterocycles. The van der Waals surface area contributed by atoms with E-state index in [4.69, 9.17) is 4.74 Å². The van der Waals surface area contributed by atoms with Gasteiger partial charge in [-0.15, -0.1) is 0 Å². The van der Waals surface area contributed by atoms with Crippen molar-refractivity contribution in [2.45, 2.75) is 26.7 Å². The van der Waals surface area contributed by atoms with E-state index in [0.29, 0.717) is 18.7 Å². The predicted molar refractivity (Wildman–Crippen MR) is 102 cm³/mol. The second-order valence-corrected chi connectivity index (χ2v) is 7.22. The SMILES string of the molecule is COc1ccc(-c2ccc(C(=O)N3CCC(C)(C#N)CC3)cc2)c(C)c1. The molecule has 4 heteroatoms. The van der Waals surface area contributed by atoms with E-state index in [1.54, 1.807) is 7.11 Å². The summed E-state index contributed by atoms with van der Waals surface area (Å²) < 4.78 is 5.26. The maximum absolute atomic E-state index is 12.7. The molecule has 3 rings (SSSR count). The van der Waals surface area contributed by atoms with E-state index in [2.05, 4.69) is 13.0 Å². The van der Waals surface area contributed by atoms with Crippen LogP contribution in [0.3, 0.4) is 0 Å². The Morgan fingerprint density at radius 3 is 2.35 bits per heavy atom. The normalized spacial score (nSPS) is 16.0. The molecule has 0 atom stereocenters. The Morgan fingerprint density at radius 2 is 1.81 bits per heavy atom. The molecule has 26 heavy (non-hydrogen) atoms. The maximum atomic E-state index is 12.7. The highest BCUT2D eigenvalue weighted by Gasteiger charge is 2.32. The lowest BCUT2D eigenvalue weighted by Gasteiger charge is -2.35. The number of ether oxygens (including phenoxy) is 1. The monoisotopic (exact) mass is 348 g/mol. The molecular formula is C22H24N2O2. The van der Waals surface area contributed by atoms with Crippen molar-refractivity contribution in [2.24, 2.45) is 5.41 Å². The molecule has 2 aromatic rings. The first-order valence-corrected chi connectivity index (χ1v) is 8.91. The van der Waals surface area contributed by atoms with Crippen molar-refractivity contribution in [3.8, 4) is 22.9 Å². The minimum absolute atomic E-state index is 0.0444. The van der Waals surface area contributed by atoms with Gasteiger partial charge in [0.2, 0.25) is 0 Å². The Hall–Kier alpha value is -2.80. The van der Waals surface area contributed by atoms with Crippen LogP contribution in [0.25, 0.3) is 11.1 Å². The minimum Gasteiger partial charge on any atom is -0.497 e. The molecule has 1 amide bonds. The number of nitrogens with zero attached hydrogens (tertiary/aromatic N) is 2. The fourth-order valence-corrected chi connectivity index (χ4v) is 3.38. The molecule has 0 N–H and O–H groups in total. The van der Waals surface area contributed by atoms with Gasteiger partial charge in [-0.3, -0.25) is 4.79 Å². The van der Waals surface area contributed by atoms with Crippen molar-refractivity contribution in [2.75, 3.05) is 20.2 Å². The number of nitriles is 1. The Kier molecular flexibility index (Phi) is 4.99. The lowest BCUT2D eigenvalue weighted by molar-refractivity contribution is 0.0661. The molecule has 2 aromatic carbocycles. The summed E-state index contributed by atoms with van der Waals surface area (Å²) in [6, 6.07) is 16.1. The number of amides is 1. The van der Waals surface area contributed by atoms with Crippen molar-refractivity contribution >= 4 is 5.91 Å². The molecule has 0 unspecified atom stereocenters. The van der Waals surface area contributed by atoms with Crippen molar-refractivity contribution in [1.29, 1.82) is 5.26 Å². The second-order valence-electron chi connectivity index (χ2n) is 7.22. The Bertz CT molecular complexity index is 841. The van der Waals surface area contributed by atoms with Gasteiger partial charge in [0.25, 0.3) is 5.91 Å². The third-order valence-electron chi connectivity index (χ3n) is 5.30. The van der Waals surface area contributed by atoms with E-state index < -0.39 is 0 Å². The number of rotatable bonds is 3. The van der Waals surface area contributed by atoms with Crippen LogP contribution in [0.15, 0.2) is 42.5 Å². The van der Waals surface area contributed by atoms with E-state index in [1.807, 2.05) is 54.3 Å². The fraction of sp³-hybridized carbons (Fsp3) is 0.364. The summed E-state index contributed by atoms with van der Waals surface area (Å²) in [6.45, 7) is 5.31. The predicted octanol–water partition coefficient (Wildman–Crippen LogP) is 4.44.